The first-order chi connectivity index (χ1) is 7.34. The quantitative estimate of drug-likeness (QED) is 0.807. The number of hydrogen-bond donors (Lipinski definition) is 2. The van der Waals surface area contributed by atoms with Crippen molar-refractivity contribution in [3.8, 4) is 5.75 Å². The van der Waals surface area contributed by atoms with Gasteiger partial charge >= 0.3 is 0 Å². The Bertz CT molecular complexity index is 367. The van der Waals surface area contributed by atoms with Gasteiger partial charge in [-0.2, -0.15) is 0 Å². The fraction of sp³-hybridized carbons (Fsp3) is 0.455. The minimum Gasteiger partial charge on any atom is -0.506 e. The SMILES string of the molecule is CC(C)CC(N)c1c(O)c(Cl)cc(Cl)c1Cl. The first kappa shape index (κ1) is 13.9. The molecule has 90 valence electrons. The zero-order valence-electron chi connectivity index (χ0n) is 9.10. The first-order valence-corrected chi connectivity index (χ1v) is 6.10. The first-order valence-electron chi connectivity index (χ1n) is 4.96. The molecule has 1 aromatic carbocycles. The Kier molecular flexibility index (Phi) is 4.74. The van der Waals surface area contributed by atoms with Crippen molar-refractivity contribution in [2.24, 2.45) is 11.7 Å². The van der Waals surface area contributed by atoms with Gasteiger partial charge in [0.1, 0.15) is 5.75 Å². The molecule has 0 radical (unpaired) electrons. The molecule has 1 rings (SSSR count). The maximum atomic E-state index is 9.83. The summed E-state index contributed by atoms with van der Waals surface area (Å²) in [6, 6.07) is 1.04. The van der Waals surface area contributed by atoms with Crippen molar-refractivity contribution in [1.82, 2.24) is 0 Å². The Hall–Kier alpha value is -0.150. The van der Waals surface area contributed by atoms with Crippen molar-refractivity contribution in [3.63, 3.8) is 0 Å². The van der Waals surface area contributed by atoms with E-state index < -0.39 is 0 Å². The van der Waals surface area contributed by atoms with E-state index in [9.17, 15) is 5.11 Å². The second kappa shape index (κ2) is 5.46. The minimum absolute atomic E-state index is 0.0794. The number of halogens is 3. The van der Waals surface area contributed by atoms with Crippen molar-refractivity contribution >= 4 is 34.8 Å². The molecule has 16 heavy (non-hydrogen) atoms. The largest absolute Gasteiger partial charge is 0.506 e. The molecule has 1 atom stereocenters. The summed E-state index contributed by atoms with van der Waals surface area (Å²) in [4.78, 5) is 0. The number of phenolic OH excluding ortho intramolecular Hbond substituents is 1. The van der Waals surface area contributed by atoms with Crippen molar-refractivity contribution in [2.45, 2.75) is 26.3 Å². The molecule has 0 bridgehead atoms. The van der Waals surface area contributed by atoms with Crippen LogP contribution in [0.1, 0.15) is 31.9 Å². The van der Waals surface area contributed by atoms with Gasteiger partial charge in [-0.25, -0.2) is 0 Å². The highest BCUT2D eigenvalue weighted by molar-refractivity contribution is 6.44. The third-order valence-electron chi connectivity index (χ3n) is 2.28. The van der Waals surface area contributed by atoms with Crippen LogP contribution in [-0.4, -0.2) is 5.11 Å². The molecule has 2 nitrogen and oxygen atoms in total. The van der Waals surface area contributed by atoms with E-state index in [0.717, 1.165) is 0 Å². The summed E-state index contributed by atoms with van der Waals surface area (Å²) in [5.41, 5.74) is 6.40. The molecular weight excluding hydrogens is 268 g/mol. The summed E-state index contributed by atoms with van der Waals surface area (Å²) < 4.78 is 0. The van der Waals surface area contributed by atoms with Crippen molar-refractivity contribution in [3.05, 3.63) is 26.7 Å². The van der Waals surface area contributed by atoms with E-state index in [1.807, 2.05) is 13.8 Å². The molecule has 0 aliphatic rings. The van der Waals surface area contributed by atoms with Crippen LogP contribution in [0.15, 0.2) is 6.07 Å². The monoisotopic (exact) mass is 281 g/mol. The van der Waals surface area contributed by atoms with Crippen molar-refractivity contribution in [2.75, 3.05) is 0 Å². The van der Waals surface area contributed by atoms with E-state index >= 15 is 0 Å². The molecule has 0 spiro atoms. The van der Waals surface area contributed by atoms with Gasteiger partial charge in [0.15, 0.2) is 0 Å². The zero-order valence-corrected chi connectivity index (χ0v) is 11.4. The number of aromatic hydroxyl groups is 1. The average molecular weight is 283 g/mol. The Morgan fingerprint density at radius 2 is 1.81 bits per heavy atom. The van der Waals surface area contributed by atoms with Gasteiger partial charge < -0.3 is 10.8 Å². The second-order valence-corrected chi connectivity index (χ2v) is 5.34. The molecule has 0 amide bonds. The van der Waals surface area contributed by atoms with Crippen LogP contribution in [0, 0.1) is 5.92 Å². The summed E-state index contributed by atoms with van der Waals surface area (Å²) in [5.74, 6) is 0.312. The van der Waals surface area contributed by atoms with Crippen LogP contribution < -0.4 is 5.73 Å². The van der Waals surface area contributed by atoms with Crippen LogP contribution in [-0.2, 0) is 0 Å². The van der Waals surface area contributed by atoms with E-state index in [1.54, 1.807) is 0 Å². The predicted octanol–water partition coefficient (Wildman–Crippen LogP) is 4.40. The highest BCUT2D eigenvalue weighted by Crippen LogP contribution is 2.42. The summed E-state index contributed by atoms with van der Waals surface area (Å²) in [6.07, 6.45) is 0.698. The maximum absolute atomic E-state index is 9.83. The Balaban J connectivity index is 3.21. The van der Waals surface area contributed by atoms with Crippen LogP contribution in [0.25, 0.3) is 0 Å². The van der Waals surface area contributed by atoms with Crippen LogP contribution >= 0.6 is 34.8 Å². The lowest BCUT2D eigenvalue weighted by Gasteiger charge is -2.18. The van der Waals surface area contributed by atoms with Gasteiger partial charge in [-0.1, -0.05) is 48.7 Å². The van der Waals surface area contributed by atoms with E-state index in [0.29, 0.717) is 22.9 Å². The van der Waals surface area contributed by atoms with Gasteiger partial charge in [-0.05, 0) is 18.4 Å². The van der Waals surface area contributed by atoms with Crippen LogP contribution in [0.3, 0.4) is 0 Å². The Morgan fingerprint density at radius 1 is 1.25 bits per heavy atom. The van der Waals surface area contributed by atoms with Crippen LogP contribution in [0.4, 0.5) is 0 Å². The summed E-state index contributed by atoms with van der Waals surface area (Å²) >= 11 is 17.7. The van der Waals surface area contributed by atoms with E-state index in [-0.39, 0.29) is 21.8 Å². The minimum atomic E-state index is -0.372. The molecule has 0 aliphatic carbocycles. The lowest BCUT2D eigenvalue weighted by Crippen LogP contribution is -2.14. The summed E-state index contributed by atoms with van der Waals surface area (Å²) in [5, 5.41) is 10.6. The fourth-order valence-electron chi connectivity index (χ4n) is 1.57. The second-order valence-electron chi connectivity index (χ2n) is 4.15. The summed E-state index contributed by atoms with van der Waals surface area (Å²) in [7, 11) is 0. The molecule has 0 heterocycles. The topological polar surface area (TPSA) is 46.2 Å². The normalized spacial score (nSPS) is 13.2. The smallest absolute Gasteiger partial charge is 0.140 e. The molecule has 0 fully saturated rings. The molecule has 0 saturated carbocycles. The maximum Gasteiger partial charge on any atom is 0.140 e. The standard InChI is InChI=1S/C11H14Cl3NO/c1-5(2)3-8(15)9-10(14)6(12)4-7(13)11(9)16/h4-5,8,16H,3,15H2,1-2H3. The van der Waals surface area contributed by atoms with Gasteiger partial charge in [0.25, 0.3) is 0 Å². The molecule has 0 saturated heterocycles. The van der Waals surface area contributed by atoms with E-state index in [4.69, 9.17) is 40.5 Å². The van der Waals surface area contributed by atoms with E-state index in [1.165, 1.54) is 6.07 Å². The van der Waals surface area contributed by atoms with Crippen LogP contribution in [0.5, 0.6) is 5.75 Å². The van der Waals surface area contributed by atoms with Crippen molar-refractivity contribution < 1.29 is 5.11 Å². The fourth-order valence-corrected chi connectivity index (χ4v) is 2.33. The average Bonchev–Trinajstić information content (AvgIpc) is 2.14. The van der Waals surface area contributed by atoms with Gasteiger partial charge in [-0.15, -0.1) is 0 Å². The molecule has 0 aliphatic heterocycles. The number of hydrogen-bond acceptors (Lipinski definition) is 2. The van der Waals surface area contributed by atoms with Gasteiger partial charge in [0.05, 0.1) is 15.1 Å². The lowest BCUT2D eigenvalue weighted by molar-refractivity contribution is 0.445. The van der Waals surface area contributed by atoms with Crippen LogP contribution in [0.2, 0.25) is 15.1 Å². The lowest BCUT2D eigenvalue weighted by atomic mass is 9.97. The number of nitrogens with two attached hydrogens (primary N) is 1. The molecule has 0 aromatic heterocycles. The van der Waals surface area contributed by atoms with Gasteiger partial charge in [0, 0.05) is 11.6 Å². The third kappa shape index (κ3) is 2.95. The molecular formula is C11H14Cl3NO. The Labute approximate surface area is 110 Å². The third-order valence-corrected chi connectivity index (χ3v) is 3.37. The highest BCUT2D eigenvalue weighted by Gasteiger charge is 2.20. The van der Waals surface area contributed by atoms with Gasteiger partial charge in [-0.3, -0.25) is 0 Å². The Morgan fingerprint density at radius 3 is 2.31 bits per heavy atom. The van der Waals surface area contributed by atoms with Gasteiger partial charge in [0.2, 0.25) is 0 Å². The molecule has 1 unspecified atom stereocenters. The number of phenols is 1. The predicted molar refractivity (Wildman–Crippen MR) is 69.5 cm³/mol. The number of rotatable bonds is 3. The number of benzene rings is 1. The van der Waals surface area contributed by atoms with E-state index in [2.05, 4.69) is 0 Å². The molecule has 1 aromatic rings. The summed E-state index contributed by atoms with van der Waals surface area (Å²) in [6.45, 7) is 4.08. The van der Waals surface area contributed by atoms with Crippen molar-refractivity contribution in [1.29, 1.82) is 0 Å². The highest BCUT2D eigenvalue weighted by atomic mass is 35.5. The molecule has 5 heteroatoms. The molecule has 3 N–H and O–H groups in total. The zero-order chi connectivity index (χ0) is 12.5.